The second kappa shape index (κ2) is 9.13. The minimum Gasteiger partial charge on any atom is -0.550 e. The Balaban J connectivity index is 1.96. The number of benzene rings is 2. The van der Waals surface area contributed by atoms with Crippen molar-refractivity contribution in [1.82, 2.24) is 4.68 Å². The number of hydrogen-bond donors (Lipinski definition) is 1. The lowest BCUT2D eigenvalue weighted by atomic mass is 10.1. The van der Waals surface area contributed by atoms with E-state index in [1.54, 1.807) is 36.4 Å². The second-order valence-corrected chi connectivity index (χ2v) is 6.43. The number of carboxylic acids is 1. The van der Waals surface area contributed by atoms with Crippen LogP contribution in [0.25, 0.3) is 11.3 Å². The first-order chi connectivity index (χ1) is 14.4. The fourth-order valence-electron chi connectivity index (χ4n) is 3.03. The highest BCUT2D eigenvalue weighted by atomic mass is 19.1. The van der Waals surface area contributed by atoms with Gasteiger partial charge in [-0.3, -0.25) is 14.9 Å². The number of halogens is 1. The number of methoxy groups -OCH3 is 2. The third-order valence-corrected chi connectivity index (χ3v) is 4.55. The van der Waals surface area contributed by atoms with Crippen LogP contribution >= 0.6 is 0 Å². The summed E-state index contributed by atoms with van der Waals surface area (Å²) in [7, 11) is 2.96. The van der Waals surface area contributed by atoms with Crippen molar-refractivity contribution in [2.45, 2.75) is 12.8 Å². The van der Waals surface area contributed by atoms with Gasteiger partial charge in [-0.05, 0) is 67.4 Å². The normalized spacial score (nSPS) is 10.5. The molecule has 0 aliphatic carbocycles. The number of aromatic nitrogens is 1. The van der Waals surface area contributed by atoms with E-state index < -0.39 is 11.9 Å². The Bertz CT molecular complexity index is 1060. The molecule has 1 N–H and O–H groups in total. The number of amides is 1. The quantitative estimate of drug-likeness (QED) is 0.614. The van der Waals surface area contributed by atoms with Gasteiger partial charge in [0.25, 0.3) is 5.91 Å². The first-order valence-corrected chi connectivity index (χ1v) is 9.12. The van der Waals surface area contributed by atoms with Crippen LogP contribution < -0.4 is 20.0 Å². The number of aliphatic carboxylic acids is 1. The highest BCUT2D eigenvalue weighted by Crippen LogP contribution is 2.28. The van der Waals surface area contributed by atoms with E-state index in [1.807, 2.05) is 0 Å². The smallest absolute Gasteiger partial charge is 0.270 e. The number of aryl methyl sites for hydroxylation is 1. The molecule has 0 saturated heterocycles. The number of nitrogens with zero attached hydrogens (tertiary/aromatic N) is 1. The van der Waals surface area contributed by atoms with Crippen molar-refractivity contribution < 1.29 is 28.6 Å². The van der Waals surface area contributed by atoms with Gasteiger partial charge in [0.2, 0.25) is 0 Å². The highest BCUT2D eigenvalue weighted by molar-refractivity contribution is 6.01. The first-order valence-electron chi connectivity index (χ1n) is 9.12. The second-order valence-electron chi connectivity index (χ2n) is 6.43. The van der Waals surface area contributed by atoms with Crippen LogP contribution in [-0.2, 0) is 11.2 Å². The van der Waals surface area contributed by atoms with Gasteiger partial charge in [0.1, 0.15) is 5.82 Å². The average molecular weight is 411 g/mol. The molecule has 2 aromatic carbocycles. The maximum absolute atomic E-state index is 13.3. The molecule has 3 rings (SSSR count). The summed E-state index contributed by atoms with van der Waals surface area (Å²) in [5.74, 6) is -1.14. The van der Waals surface area contributed by atoms with E-state index in [0.29, 0.717) is 34.0 Å². The van der Waals surface area contributed by atoms with Crippen LogP contribution in [0.1, 0.15) is 22.5 Å². The number of carbonyl (C=O) groups excluding carboxylic acids is 2. The van der Waals surface area contributed by atoms with Gasteiger partial charge in [-0.25, -0.2) is 4.39 Å². The number of ether oxygens (including phenoxy) is 2. The van der Waals surface area contributed by atoms with Gasteiger partial charge in [-0.2, -0.15) is 0 Å². The summed E-state index contributed by atoms with van der Waals surface area (Å²) in [5.41, 5.74) is 4.89. The topological polar surface area (TPSA) is 92.6 Å². The van der Waals surface area contributed by atoms with Crippen molar-refractivity contribution in [1.29, 1.82) is 0 Å². The monoisotopic (exact) mass is 411 g/mol. The summed E-state index contributed by atoms with van der Waals surface area (Å²) in [6, 6.07) is 13.9. The van der Waals surface area contributed by atoms with Gasteiger partial charge in [-0.1, -0.05) is 0 Å². The molecule has 0 aliphatic rings. The Labute approximate surface area is 172 Å². The zero-order valence-corrected chi connectivity index (χ0v) is 16.5. The molecule has 1 heterocycles. The molecule has 156 valence electrons. The fourth-order valence-corrected chi connectivity index (χ4v) is 3.03. The van der Waals surface area contributed by atoms with E-state index in [-0.39, 0.29) is 18.7 Å². The lowest BCUT2D eigenvalue weighted by molar-refractivity contribution is -0.305. The molecule has 1 amide bonds. The van der Waals surface area contributed by atoms with Crippen molar-refractivity contribution in [3.8, 4) is 22.8 Å². The predicted molar refractivity (Wildman–Crippen MR) is 106 cm³/mol. The standard InChI is InChI=1S/C22H21FN2O5/c1-29-19-11-5-15(13-20(19)30-2)22(28)24-25-17(9-12-21(26)27)8-10-18(25)14-3-6-16(23)7-4-14/h3-8,10-11,13H,9,12H2,1-2H3,(H,24,28)(H,26,27)/p-1. The molecule has 30 heavy (non-hydrogen) atoms. The Morgan fingerprint density at radius 2 is 1.70 bits per heavy atom. The maximum Gasteiger partial charge on any atom is 0.270 e. The van der Waals surface area contributed by atoms with Crippen molar-refractivity contribution in [3.05, 3.63) is 71.7 Å². The number of carboxylic acid groups (broad SMARTS) is 1. The van der Waals surface area contributed by atoms with E-state index >= 15 is 0 Å². The molecule has 0 fully saturated rings. The van der Waals surface area contributed by atoms with E-state index in [2.05, 4.69) is 5.43 Å². The van der Waals surface area contributed by atoms with Gasteiger partial charge in [0.05, 0.1) is 19.9 Å². The molecule has 0 aliphatic heterocycles. The Hall–Kier alpha value is -3.81. The Morgan fingerprint density at radius 3 is 2.33 bits per heavy atom. The lowest BCUT2D eigenvalue weighted by Gasteiger charge is -2.16. The van der Waals surface area contributed by atoms with Crippen LogP contribution in [0.3, 0.4) is 0 Å². The summed E-state index contributed by atoms with van der Waals surface area (Å²) < 4.78 is 25.2. The summed E-state index contributed by atoms with van der Waals surface area (Å²) in [5, 5.41) is 10.9. The van der Waals surface area contributed by atoms with Gasteiger partial charge in [0, 0.05) is 22.8 Å². The molecule has 8 heteroatoms. The lowest BCUT2D eigenvalue weighted by Crippen LogP contribution is -2.27. The summed E-state index contributed by atoms with van der Waals surface area (Å²) in [4.78, 5) is 23.8. The summed E-state index contributed by atoms with van der Waals surface area (Å²) >= 11 is 0. The number of nitrogens with one attached hydrogen (secondary N) is 1. The zero-order chi connectivity index (χ0) is 21.7. The van der Waals surface area contributed by atoms with Gasteiger partial charge in [0.15, 0.2) is 11.5 Å². The molecule has 0 bridgehead atoms. The minimum atomic E-state index is -1.20. The third kappa shape index (κ3) is 4.60. The van der Waals surface area contributed by atoms with E-state index in [9.17, 15) is 19.1 Å². The molecule has 0 unspecified atom stereocenters. The van der Waals surface area contributed by atoms with E-state index in [1.165, 1.54) is 37.1 Å². The van der Waals surface area contributed by atoms with E-state index in [4.69, 9.17) is 9.47 Å². The molecule has 0 radical (unpaired) electrons. The largest absolute Gasteiger partial charge is 0.550 e. The van der Waals surface area contributed by atoms with E-state index in [0.717, 1.165) is 0 Å². The average Bonchev–Trinajstić information content (AvgIpc) is 3.14. The minimum absolute atomic E-state index is 0.149. The third-order valence-electron chi connectivity index (χ3n) is 4.55. The molecular formula is C22H20FN2O5-. The van der Waals surface area contributed by atoms with Crippen LogP contribution in [0.2, 0.25) is 0 Å². The SMILES string of the molecule is COc1ccc(C(=O)Nn2c(CCC(=O)[O-])ccc2-c2ccc(F)cc2)cc1OC. The van der Waals surface area contributed by atoms with Crippen molar-refractivity contribution in [3.63, 3.8) is 0 Å². The van der Waals surface area contributed by atoms with Crippen LogP contribution in [0, 0.1) is 5.82 Å². The predicted octanol–water partition coefficient (Wildman–Crippen LogP) is 2.38. The summed E-state index contributed by atoms with van der Waals surface area (Å²) in [6.45, 7) is 0. The van der Waals surface area contributed by atoms with Crippen molar-refractivity contribution in [2.24, 2.45) is 0 Å². The molecule has 0 atom stereocenters. The van der Waals surface area contributed by atoms with Gasteiger partial charge < -0.3 is 19.4 Å². The molecular weight excluding hydrogens is 391 g/mol. The summed E-state index contributed by atoms with van der Waals surface area (Å²) in [6.07, 6.45) is -0.0607. The molecule has 0 saturated carbocycles. The van der Waals surface area contributed by atoms with Crippen LogP contribution in [-0.4, -0.2) is 30.8 Å². The molecule has 1 aromatic heterocycles. The number of rotatable bonds is 8. The molecule has 7 nitrogen and oxygen atoms in total. The van der Waals surface area contributed by atoms with Crippen molar-refractivity contribution >= 4 is 11.9 Å². The first kappa shape index (κ1) is 20.9. The number of hydrogen-bond acceptors (Lipinski definition) is 5. The number of carbonyl (C=O) groups is 2. The van der Waals surface area contributed by atoms with Gasteiger partial charge >= 0.3 is 0 Å². The Kier molecular flexibility index (Phi) is 6.36. The fraction of sp³-hybridized carbons (Fsp3) is 0.182. The Morgan fingerprint density at radius 1 is 1.00 bits per heavy atom. The maximum atomic E-state index is 13.3. The van der Waals surface area contributed by atoms with Crippen LogP contribution in [0.15, 0.2) is 54.6 Å². The van der Waals surface area contributed by atoms with Crippen LogP contribution in [0.4, 0.5) is 4.39 Å². The van der Waals surface area contributed by atoms with Gasteiger partial charge in [-0.15, -0.1) is 0 Å². The van der Waals surface area contributed by atoms with Crippen LogP contribution in [0.5, 0.6) is 11.5 Å². The van der Waals surface area contributed by atoms with Crippen molar-refractivity contribution in [2.75, 3.05) is 19.6 Å². The molecule has 3 aromatic rings. The molecule has 0 spiro atoms. The highest BCUT2D eigenvalue weighted by Gasteiger charge is 2.16. The zero-order valence-electron chi connectivity index (χ0n) is 16.5.